The molecular formula is C12H26N2. The van der Waals surface area contributed by atoms with Gasteiger partial charge in [-0.05, 0) is 45.7 Å². The molecule has 84 valence electrons. The highest BCUT2D eigenvalue weighted by Gasteiger charge is 2.26. The van der Waals surface area contributed by atoms with E-state index in [1.807, 2.05) is 0 Å². The van der Waals surface area contributed by atoms with Crippen LogP contribution in [0.15, 0.2) is 0 Å². The van der Waals surface area contributed by atoms with Crippen LogP contribution in [0, 0.1) is 0 Å². The Balaban J connectivity index is 2.27. The first-order chi connectivity index (χ1) is 6.79. The molecule has 1 rings (SSSR count). The van der Waals surface area contributed by atoms with E-state index in [4.69, 9.17) is 0 Å². The molecule has 1 saturated heterocycles. The SMILES string of the molecule is CCCNCC1CCCN1C(C)CC. The summed E-state index contributed by atoms with van der Waals surface area (Å²) in [6.45, 7) is 10.6. The van der Waals surface area contributed by atoms with Crippen molar-refractivity contribution in [2.24, 2.45) is 0 Å². The van der Waals surface area contributed by atoms with Crippen molar-refractivity contribution >= 4 is 0 Å². The van der Waals surface area contributed by atoms with Crippen LogP contribution in [-0.2, 0) is 0 Å². The van der Waals surface area contributed by atoms with Crippen molar-refractivity contribution in [1.82, 2.24) is 10.2 Å². The third-order valence-electron chi connectivity index (χ3n) is 3.39. The molecule has 1 aliphatic rings. The molecule has 2 nitrogen and oxygen atoms in total. The normalized spacial score (nSPS) is 25.5. The van der Waals surface area contributed by atoms with E-state index in [9.17, 15) is 0 Å². The summed E-state index contributed by atoms with van der Waals surface area (Å²) in [7, 11) is 0. The van der Waals surface area contributed by atoms with Gasteiger partial charge in [-0.3, -0.25) is 4.90 Å². The van der Waals surface area contributed by atoms with Gasteiger partial charge in [0.2, 0.25) is 0 Å². The predicted molar refractivity (Wildman–Crippen MR) is 62.6 cm³/mol. The number of hydrogen-bond donors (Lipinski definition) is 1. The van der Waals surface area contributed by atoms with Crippen LogP contribution in [0.4, 0.5) is 0 Å². The van der Waals surface area contributed by atoms with Gasteiger partial charge in [0.25, 0.3) is 0 Å². The number of hydrogen-bond acceptors (Lipinski definition) is 2. The van der Waals surface area contributed by atoms with E-state index in [1.54, 1.807) is 0 Å². The molecule has 2 heteroatoms. The summed E-state index contributed by atoms with van der Waals surface area (Å²) in [5, 5.41) is 3.54. The molecule has 1 fully saturated rings. The monoisotopic (exact) mass is 198 g/mol. The Morgan fingerprint density at radius 1 is 1.43 bits per heavy atom. The lowest BCUT2D eigenvalue weighted by molar-refractivity contribution is 0.184. The molecule has 1 aliphatic heterocycles. The first-order valence-corrected chi connectivity index (χ1v) is 6.26. The van der Waals surface area contributed by atoms with E-state index in [2.05, 4.69) is 31.0 Å². The summed E-state index contributed by atoms with van der Waals surface area (Å²) >= 11 is 0. The Bertz CT molecular complexity index is 147. The second-order valence-corrected chi connectivity index (χ2v) is 4.50. The van der Waals surface area contributed by atoms with E-state index in [-0.39, 0.29) is 0 Å². The number of rotatable bonds is 6. The zero-order valence-corrected chi connectivity index (χ0v) is 10.1. The number of nitrogens with one attached hydrogen (secondary N) is 1. The van der Waals surface area contributed by atoms with Crippen LogP contribution in [0.1, 0.15) is 46.5 Å². The minimum Gasteiger partial charge on any atom is -0.315 e. The van der Waals surface area contributed by atoms with Crippen LogP contribution in [0.2, 0.25) is 0 Å². The van der Waals surface area contributed by atoms with Crippen molar-refractivity contribution in [3.63, 3.8) is 0 Å². The van der Waals surface area contributed by atoms with Crippen LogP contribution in [-0.4, -0.2) is 36.6 Å². The maximum atomic E-state index is 3.54. The van der Waals surface area contributed by atoms with Gasteiger partial charge in [-0.2, -0.15) is 0 Å². The van der Waals surface area contributed by atoms with Crippen LogP contribution < -0.4 is 5.32 Å². The maximum absolute atomic E-state index is 3.54. The molecule has 0 radical (unpaired) electrons. The van der Waals surface area contributed by atoms with E-state index in [0.717, 1.165) is 12.1 Å². The van der Waals surface area contributed by atoms with Crippen LogP contribution in [0.5, 0.6) is 0 Å². The van der Waals surface area contributed by atoms with Crippen molar-refractivity contribution < 1.29 is 0 Å². The van der Waals surface area contributed by atoms with Gasteiger partial charge in [0.05, 0.1) is 0 Å². The molecule has 0 spiro atoms. The lowest BCUT2D eigenvalue weighted by atomic mass is 10.1. The summed E-state index contributed by atoms with van der Waals surface area (Å²) in [4.78, 5) is 2.68. The molecule has 14 heavy (non-hydrogen) atoms. The maximum Gasteiger partial charge on any atom is 0.0223 e. The van der Waals surface area contributed by atoms with Crippen molar-refractivity contribution in [1.29, 1.82) is 0 Å². The van der Waals surface area contributed by atoms with E-state index in [0.29, 0.717) is 0 Å². The summed E-state index contributed by atoms with van der Waals surface area (Å²) in [5.74, 6) is 0. The summed E-state index contributed by atoms with van der Waals surface area (Å²) in [6.07, 6.45) is 5.31. The summed E-state index contributed by atoms with van der Waals surface area (Å²) in [5.41, 5.74) is 0. The smallest absolute Gasteiger partial charge is 0.0223 e. The van der Waals surface area contributed by atoms with Gasteiger partial charge in [0.15, 0.2) is 0 Å². The molecule has 2 unspecified atom stereocenters. The molecule has 0 aliphatic carbocycles. The van der Waals surface area contributed by atoms with Crippen molar-refractivity contribution in [3.8, 4) is 0 Å². The van der Waals surface area contributed by atoms with Crippen molar-refractivity contribution in [3.05, 3.63) is 0 Å². The average molecular weight is 198 g/mol. The van der Waals surface area contributed by atoms with Gasteiger partial charge < -0.3 is 5.32 Å². The molecule has 0 bridgehead atoms. The summed E-state index contributed by atoms with van der Waals surface area (Å²) in [6, 6.07) is 1.57. The van der Waals surface area contributed by atoms with Crippen molar-refractivity contribution in [2.75, 3.05) is 19.6 Å². The van der Waals surface area contributed by atoms with Gasteiger partial charge in [-0.25, -0.2) is 0 Å². The molecular weight excluding hydrogens is 172 g/mol. The van der Waals surface area contributed by atoms with E-state index < -0.39 is 0 Å². The van der Waals surface area contributed by atoms with Crippen LogP contribution in [0.3, 0.4) is 0 Å². The van der Waals surface area contributed by atoms with Crippen LogP contribution >= 0.6 is 0 Å². The Morgan fingerprint density at radius 3 is 2.86 bits per heavy atom. The molecule has 0 aromatic heterocycles. The first kappa shape index (κ1) is 12.0. The van der Waals surface area contributed by atoms with Gasteiger partial charge in [0, 0.05) is 18.6 Å². The Kier molecular flexibility index (Phi) is 5.49. The fraction of sp³-hybridized carbons (Fsp3) is 1.00. The lowest BCUT2D eigenvalue weighted by Gasteiger charge is -2.30. The molecule has 2 atom stereocenters. The van der Waals surface area contributed by atoms with Crippen LogP contribution in [0.25, 0.3) is 0 Å². The third-order valence-corrected chi connectivity index (χ3v) is 3.39. The van der Waals surface area contributed by atoms with E-state index >= 15 is 0 Å². The highest BCUT2D eigenvalue weighted by Crippen LogP contribution is 2.20. The molecule has 1 heterocycles. The van der Waals surface area contributed by atoms with Crippen molar-refractivity contribution in [2.45, 2.75) is 58.5 Å². The predicted octanol–water partition coefficient (Wildman–Crippen LogP) is 2.25. The zero-order valence-electron chi connectivity index (χ0n) is 10.1. The first-order valence-electron chi connectivity index (χ1n) is 6.26. The Morgan fingerprint density at radius 2 is 2.21 bits per heavy atom. The van der Waals surface area contributed by atoms with Gasteiger partial charge in [0.1, 0.15) is 0 Å². The quantitative estimate of drug-likeness (QED) is 0.659. The molecule has 1 N–H and O–H groups in total. The minimum absolute atomic E-state index is 0.769. The average Bonchev–Trinajstić information content (AvgIpc) is 2.65. The largest absolute Gasteiger partial charge is 0.315 e. The highest BCUT2D eigenvalue weighted by atomic mass is 15.2. The fourth-order valence-corrected chi connectivity index (χ4v) is 2.34. The number of nitrogens with zero attached hydrogens (tertiary/aromatic N) is 1. The molecule has 0 saturated carbocycles. The standard InChI is InChI=1S/C12H26N2/c1-4-8-13-10-12-7-6-9-14(12)11(3)5-2/h11-13H,4-10H2,1-3H3. The lowest BCUT2D eigenvalue weighted by Crippen LogP contribution is -2.42. The summed E-state index contributed by atoms with van der Waals surface area (Å²) < 4.78 is 0. The Labute approximate surface area is 89.1 Å². The molecule has 0 aromatic carbocycles. The van der Waals surface area contributed by atoms with E-state index in [1.165, 1.54) is 45.3 Å². The van der Waals surface area contributed by atoms with Gasteiger partial charge >= 0.3 is 0 Å². The topological polar surface area (TPSA) is 15.3 Å². The minimum atomic E-state index is 0.769. The van der Waals surface area contributed by atoms with Gasteiger partial charge in [-0.15, -0.1) is 0 Å². The zero-order chi connectivity index (χ0) is 10.4. The number of likely N-dealkylation sites (tertiary alicyclic amines) is 1. The van der Waals surface area contributed by atoms with Gasteiger partial charge in [-0.1, -0.05) is 13.8 Å². The Hall–Kier alpha value is -0.0800. The molecule has 0 amide bonds. The molecule has 0 aromatic rings. The third kappa shape index (κ3) is 3.25. The second-order valence-electron chi connectivity index (χ2n) is 4.50. The second kappa shape index (κ2) is 6.41. The highest BCUT2D eigenvalue weighted by molar-refractivity contribution is 4.83. The fourth-order valence-electron chi connectivity index (χ4n) is 2.34.